The predicted octanol–water partition coefficient (Wildman–Crippen LogP) is 2.23. The van der Waals surface area contributed by atoms with E-state index in [4.69, 9.17) is 5.26 Å². The van der Waals surface area contributed by atoms with E-state index >= 15 is 0 Å². The second-order valence-corrected chi connectivity index (χ2v) is 2.65. The molecule has 1 aromatic rings. The molecule has 1 rings (SSSR count). The van der Waals surface area contributed by atoms with Crippen LogP contribution in [0.4, 0.5) is 13.2 Å². The van der Waals surface area contributed by atoms with Gasteiger partial charge in [-0.2, -0.15) is 5.26 Å². The molecular formula is C9H7F3N2O. The molecule has 6 heteroatoms. The lowest BCUT2D eigenvalue weighted by molar-refractivity contribution is 0.139. The quantitative estimate of drug-likeness (QED) is 0.778. The minimum Gasteiger partial charge on any atom is -0.493 e. The van der Waals surface area contributed by atoms with Crippen molar-refractivity contribution in [3.8, 4) is 11.8 Å². The van der Waals surface area contributed by atoms with Gasteiger partial charge in [0, 0.05) is 11.8 Å². The van der Waals surface area contributed by atoms with Crippen molar-refractivity contribution in [1.29, 1.82) is 5.26 Å². The summed E-state index contributed by atoms with van der Waals surface area (Å²) in [4.78, 5) is 3.25. The fourth-order valence-corrected chi connectivity index (χ4v) is 1.10. The zero-order valence-electron chi connectivity index (χ0n) is 7.80. The van der Waals surface area contributed by atoms with Crippen LogP contribution in [0.2, 0.25) is 0 Å². The first-order chi connectivity index (χ1) is 7.11. The molecule has 0 fully saturated rings. The number of ether oxygens (including phenoxy) is 1. The second kappa shape index (κ2) is 4.64. The number of nitrogens with zero attached hydrogens (tertiary/aromatic N) is 2. The maximum atomic E-state index is 13.3. The van der Waals surface area contributed by atoms with E-state index in [9.17, 15) is 13.2 Å². The second-order valence-electron chi connectivity index (χ2n) is 2.65. The van der Waals surface area contributed by atoms with Gasteiger partial charge in [0.1, 0.15) is 5.69 Å². The molecule has 0 amide bonds. The van der Waals surface area contributed by atoms with E-state index in [0.717, 1.165) is 13.3 Å². The minimum atomic E-state index is -3.00. The van der Waals surface area contributed by atoms with Gasteiger partial charge in [-0.3, -0.25) is 4.98 Å². The van der Waals surface area contributed by atoms with E-state index in [1.165, 1.54) is 0 Å². The molecule has 0 atom stereocenters. The molecule has 3 nitrogen and oxygen atoms in total. The Hall–Kier alpha value is -1.77. The number of halogens is 3. The highest BCUT2D eigenvalue weighted by Crippen LogP contribution is 2.29. The first-order valence-electron chi connectivity index (χ1n) is 3.98. The van der Waals surface area contributed by atoms with Crippen molar-refractivity contribution in [3.63, 3.8) is 0 Å². The van der Waals surface area contributed by atoms with Gasteiger partial charge in [0.25, 0.3) is 6.43 Å². The van der Waals surface area contributed by atoms with E-state index in [1.807, 2.05) is 0 Å². The van der Waals surface area contributed by atoms with E-state index in [0.29, 0.717) is 0 Å². The lowest BCUT2D eigenvalue weighted by Gasteiger charge is -2.09. The molecule has 1 heterocycles. The van der Waals surface area contributed by atoms with Gasteiger partial charge in [-0.15, -0.1) is 0 Å². The summed E-state index contributed by atoms with van der Waals surface area (Å²) in [7, 11) is 1.15. The van der Waals surface area contributed by atoms with Crippen LogP contribution in [0.5, 0.6) is 5.75 Å². The number of aromatic nitrogens is 1. The van der Waals surface area contributed by atoms with Gasteiger partial charge < -0.3 is 4.74 Å². The third kappa shape index (κ3) is 2.18. The standard InChI is InChI=1S/C9H7F3N2O/c1-15-8-5(2-3-13)4-14-7(6(8)10)9(11)12/h4,9H,2H2,1H3. The number of methoxy groups -OCH3 is 1. The molecule has 1 aromatic heterocycles. The Balaban J connectivity index is 3.27. The molecule has 0 aliphatic heterocycles. The van der Waals surface area contributed by atoms with Gasteiger partial charge in [-0.1, -0.05) is 0 Å². The van der Waals surface area contributed by atoms with Crippen molar-refractivity contribution in [1.82, 2.24) is 4.98 Å². The summed E-state index contributed by atoms with van der Waals surface area (Å²) in [6.07, 6.45) is -2.13. The van der Waals surface area contributed by atoms with E-state index in [-0.39, 0.29) is 17.7 Å². The summed E-state index contributed by atoms with van der Waals surface area (Å²) in [5.41, 5.74) is -0.810. The number of nitriles is 1. The minimum absolute atomic E-state index is 0.142. The van der Waals surface area contributed by atoms with Crippen molar-refractivity contribution < 1.29 is 17.9 Å². The maximum Gasteiger partial charge on any atom is 0.283 e. The summed E-state index contributed by atoms with van der Waals surface area (Å²) >= 11 is 0. The van der Waals surface area contributed by atoms with Crippen LogP contribution in [-0.4, -0.2) is 12.1 Å². The number of hydrogen-bond acceptors (Lipinski definition) is 3. The molecule has 0 bridgehead atoms. The lowest BCUT2D eigenvalue weighted by Crippen LogP contribution is -2.03. The Kier molecular flexibility index (Phi) is 3.50. The SMILES string of the molecule is COc1c(CC#N)cnc(C(F)F)c1F. The van der Waals surface area contributed by atoms with Crippen molar-refractivity contribution >= 4 is 0 Å². The van der Waals surface area contributed by atoms with E-state index in [1.54, 1.807) is 6.07 Å². The summed E-state index contributed by atoms with van der Waals surface area (Å²) in [5.74, 6) is -1.55. The monoisotopic (exact) mass is 216 g/mol. The third-order valence-corrected chi connectivity index (χ3v) is 1.76. The number of rotatable bonds is 3. The van der Waals surface area contributed by atoms with Gasteiger partial charge in [0.05, 0.1) is 19.6 Å². The van der Waals surface area contributed by atoms with Crippen LogP contribution in [0.1, 0.15) is 17.7 Å². The van der Waals surface area contributed by atoms with Crippen molar-refractivity contribution in [3.05, 3.63) is 23.3 Å². The molecular weight excluding hydrogens is 209 g/mol. The number of pyridine rings is 1. The Morgan fingerprint density at radius 2 is 2.27 bits per heavy atom. The number of alkyl halides is 2. The van der Waals surface area contributed by atoms with Crippen LogP contribution < -0.4 is 4.74 Å². The zero-order chi connectivity index (χ0) is 11.4. The topological polar surface area (TPSA) is 45.9 Å². The molecule has 0 N–H and O–H groups in total. The highest BCUT2D eigenvalue weighted by atomic mass is 19.3. The van der Waals surface area contributed by atoms with Crippen LogP contribution >= 0.6 is 0 Å². The van der Waals surface area contributed by atoms with Crippen LogP contribution in [0, 0.1) is 17.1 Å². The van der Waals surface area contributed by atoms with Gasteiger partial charge >= 0.3 is 0 Å². The van der Waals surface area contributed by atoms with Crippen LogP contribution in [-0.2, 0) is 6.42 Å². The average Bonchev–Trinajstić information content (AvgIpc) is 2.18. The summed E-state index contributed by atoms with van der Waals surface area (Å²) in [6, 6.07) is 1.76. The molecule has 0 aliphatic rings. The van der Waals surface area contributed by atoms with Crippen LogP contribution in [0.3, 0.4) is 0 Å². The number of hydrogen-bond donors (Lipinski definition) is 0. The zero-order valence-corrected chi connectivity index (χ0v) is 7.80. The molecule has 15 heavy (non-hydrogen) atoms. The van der Waals surface area contributed by atoms with Crippen LogP contribution in [0.15, 0.2) is 6.20 Å². The molecule has 0 aromatic carbocycles. The maximum absolute atomic E-state index is 13.3. The fourth-order valence-electron chi connectivity index (χ4n) is 1.10. The molecule has 0 spiro atoms. The highest BCUT2D eigenvalue weighted by molar-refractivity contribution is 5.37. The predicted molar refractivity (Wildman–Crippen MR) is 45.0 cm³/mol. The Morgan fingerprint density at radius 3 is 2.73 bits per heavy atom. The van der Waals surface area contributed by atoms with E-state index < -0.39 is 17.9 Å². The summed E-state index contributed by atoms with van der Waals surface area (Å²) in [5, 5.41) is 8.41. The van der Waals surface area contributed by atoms with E-state index in [2.05, 4.69) is 9.72 Å². The average molecular weight is 216 g/mol. The van der Waals surface area contributed by atoms with Gasteiger partial charge in [0.2, 0.25) is 0 Å². The normalized spacial score (nSPS) is 10.1. The smallest absolute Gasteiger partial charge is 0.283 e. The van der Waals surface area contributed by atoms with Crippen LogP contribution in [0.25, 0.3) is 0 Å². The van der Waals surface area contributed by atoms with Crippen molar-refractivity contribution in [2.24, 2.45) is 0 Å². The van der Waals surface area contributed by atoms with Crippen molar-refractivity contribution in [2.75, 3.05) is 7.11 Å². The first-order valence-corrected chi connectivity index (χ1v) is 3.98. The Bertz CT molecular complexity index is 401. The largest absolute Gasteiger partial charge is 0.493 e. The van der Waals surface area contributed by atoms with Gasteiger partial charge in [0.15, 0.2) is 11.6 Å². The Morgan fingerprint density at radius 1 is 1.60 bits per heavy atom. The first kappa shape index (κ1) is 11.3. The lowest BCUT2D eigenvalue weighted by atomic mass is 10.1. The molecule has 0 radical (unpaired) electrons. The summed E-state index contributed by atoms with van der Waals surface area (Å²) in [6.45, 7) is 0. The van der Waals surface area contributed by atoms with Crippen molar-refractivity contribution in [2.45, 2.75) is 12.8 Å². The Labute approximate surface area is 84.1 Å². The molecule has 0 saturated carbocycles. The van der Waals surface area contributed by atoms with Gasteiger partial charge in [-0.05, 0) is 0 Å². The van der Waals surface area contributed by atoms with Gasteiger partial charge in [-0.25, -0.2) is 13.2 Å². The fraction of sp³-hybridized carbons (Fsp3) is 0.333. The third-order valence-electron chi connectivity index (χ3n) is 1.76. The summed E-state index contributed by atoms with van der Waals surface area (Å²) < 4.78 is 42.4. The molecule has 80 valence electrons. The molecule has 0 aliphatic carbocycles. The molecule has 0 saturated heterocycles. The molecule has 0 unspecified atom stereocenters. The highest BCUT2D eigenvalue weighted by Gasteiger charge is 2.21.